The molecule has 0 bridgehead atoms. The molecule has 4 aliphatic rings. The largest absolute Gasteiger partial charge is 0.458 e. The van der Waals surface area contributed by atoms with Gasteiger partial charge in [-0.25, -0.2) is 4.79 Å². The third kappa shape index (κ3) is 2.04. The van der Waals surface area contributed by atoms with Crippen molar-refractivity contribution in [3.8, 4) is 0 Å². The second kappa shape index (κ2) is 5.21. The molecule has 2 aliphatic carbocycles. The lowest BCUT2D eigenvalue weighted by atomic mass is 9.48. The molecule has 0 amide bonds. The highest BCUT2D eigenvalue weighted by Crippen LogP contribution is 2.64. The number of allylic oxidation sites excluding steroid dienone is 1. The molecule has 4 nitrogen and oxygen atoms in total. The Morgan fingerprint density at radius 2 is 2.04 bits per heavy atom. The van der Waals surface area contributed by atoms with Crippen molar-refractivity contribution in [2.75, 3.05) is 6.61 Å². The van der Waals surface area contributed by atoms with Crippen molar-refractivity contribution in [2.24, 2.45) is 22.7 Å². The first-order valence-corrected chi connectivity index (χ1v) is 9.12. The topological polar surface area (TPSA) is 52.6 Å². The SMILES string of the molecule is CC1=C[C@@H]2OC(=O)[C@@]3(C)CCC[C@@](C)([C@@H]23)[C@H]1CCC1=CCOC1=O. The molecule has 2 fully saturated rings. The first kappa shape index (κ1) is 15.9. The maximum atomic E-state index is 12.5. The second-order valence-corrected chi connectivity index (χ2v) is 8.45. The molecule has 1 saturated heterocycles. The lowest BCUT2D eigenvalue weighted by Crippen LogP contribution is -2.52. The summed E-state index contributed by atoms with van der Waals surface area (Å²) in [5, 5.41) is 0. The van der Waals surface area contributed by atoms with E-state index in [-0.39, 0.29) is 34.8 Å². The van der Waals surface area contributed by atoms with Crippen LogP contribution in [-0.2, 0) is 19.1 Å². The molecule has 5 atom stereocenters. The summed E-state index contributed by atoms with van der Waals surface area (Å²) in [6.45, 7) is 7.01. The van der Waals surface area contributed by atoms with Gasteiger partial charge in [0, 0.05) is 11.5 Å². The zero-order valence-electron chi connectivity index (χ0n) is 14.8. The minimum atomic E-state index is -0.349. The van der Waals surface area contributed by atoms with Gasteiger partial charge in [0.25, 0.3) is 0 Å². The van der Waals surface area contributed by atoms with Gasteiger partial charge in [0.15, 0.2) is 0 Å². The molecule has 0 unspecified atom stereocenters. The van der Waals surface area contributed by atoms with Crippen molar-refractivity contribution in [1.82, 2.24) is 0 Å². The maximum Gasteiger partial charge on any atom is 0.334 e. The van der Waals surface area contributed by atoms with Gasteiger partial charge < -0.3 is 9.47 Å². The van der Waals surface area contributed by atoms with E-state index in [1.165, 1.54) is 5.57 Å². The number of carbonyl (C=O) groups excluding carboxylic acids is 2. The standard InChI is InChI=1S/C20H26O4/c1-12-11-15-16-19(2,8-4-9-20(16,3)18(22)24-15)14(12)6-5-13-7-10-23-17(13)21/h7,11,14-16H,4-6,8-10H2,1-3H3/t14-,15-,16+,19+,20-/m0/s1. The van der Waals surface area contributed by atoms with Crippen LogP contribution in [0.1, 0.15) is 52.9 Å². The third-order valence-corrected chi connectivity index (χ3v) is 7.13. The fraction of sp³-hybridized carbons (Fsp3) is 0.700. The van der Waals surface area contributed by atoms with Gasteiger partial charge in [0.1, 0.15) is 12.7 Å². The van der Waals surface area contributed by atoms with Crippen LogP contribution in [0, 0.1) is 22.7 Å². The summed E-state index contributed by atoms with van der Waals surface area (Å²) in [7, 11) is 0. The Morgan fingerprint density at radius 3 is 2.75 bits per heavy atom. The van der Waals surface area contributed by atoms with Gasteiger partial charge in [-0.2, -0.15) is 0 Å². The van der Waals surface area contributed by atoms with Gasteiger partial charge in [0.05, 0.1) is 5.41 Å². The van der Waals surface area contributed by atoms with Gasteiger partial charge in [-0.05, 0) is 63.0 Å². The van der Waals surface area contributed by atoms with Crippen LogP contribution in [0.3, 0.4) is 0 Å². The highest BCUT2D eigenvalue weighted by atomic mass is 16.6. The molecule has 0 aromatic heterocycles. The lowest BCUT2D eigenvalue weighted by molar-refractivity contribution is -0.148. The van der Waals surface area contributed by atoms with Crippen LogP contribution in [0.15, 0.2) is 23.3 Å². The van der Waals surface area contributed by atoms with Crippen LogP contribution in [0.5, 0.6) is 0 Å². The van der Waals surface area contributed by atoms with Gasteiger partial charge in [-0.3, -0.25) is 4.79 Å². The summed E-state index contributed by atoms with van der Waals surface area (Å²) in [6.07, 6.45) is 8.83. The first-order chi connectivity index (χ1) is 11.4. The molecule has 1 saturated carbocycles. The van der Waals surface area contributed by atoms with E-state index in [1.54, 1.807) is 0 Å². The average molecular weight is 330 g/mol. The highest BCUT2D eigenvalue weighted by molar-refractivity contribution is 5.90. The minimum absolute atomic E-state index is 0.0183. The minimum Gasteiger partial charge on any atom is -0.458 e. The molecule has 4 heteroatoms. The van der Waals surface area contributed by atoms with Crippen LogP contribution < -0.4 is 0 Å². The van der Waals surface area contributed by atoms with Gasteiger partial charge in [0.2, 0.25) is 0 Å². The average Bonchev–Trinajstić information content (AvgIpc) is 3.01. The second-order valence-electron chi connectivity index (χ2n) is 8.45. The molecule has 0 radical (unpaired) electrons. The number of hydrogen-bond acceptors (Lipinski definition) is 4. The summed E-state index contributed by atoms with van der Waals surface area (Å²) >= 11 is 0. The predicted octanol–water partition coefficient (Wildman–Crippen LogP) is 3.56. The quantitative estimate of drug-likeness (QED) is 0.586. The van der Waals surface area contributed by atoms with E-state index in [4.69, 9.17) is 9.47 Å². The molecule has 130 valence electrons. The van der Waals surface area contributed by atoms with Crippen LogP contribution in [-0.4, -0.2) is 24.6 Å². The zero-order valence-corrected chi connectivity index (χ0v) is 14.8. The monoisotopic (exact) mass is 330 g/mol. The van der Waals surface area contributed by atoms with Crippen LogP contribution >= 0.6 is 0 Å². The normalized spacial score (nSPS) is 43.7. The molecule has 2 heterocycles. The fourth-order valence-corrected chi connectivity index (χ4v) is 6.04. The Morgan fingerprint density at radius 1 is 1.25 bits per heavy atom. The van der Waals surface area contributed by atoms with E-state index in [0.717, 1.165) is 37.7 Å². The van der Waals surface area contributed by atoms with Crippen molar-refractivity contribution in [3.63, 3.8) is 0 Å². The van der Waals surface area contributed by atoms with E-state index in [2.05, 4.69) is 26.8 Å². The van der Waals surface area contributed by atoms with Crippen molar-refractivity contribution in [2.45, 2.75) is 59.0 Å². The Hall–Kier alpha value is -1.58. The van der Waals surface area contributed by atoms with Crippen molar-refractivity contribution in [3.05, 3.63) is 23.3 Å². The van der Waals surface area contributed by atoms with E-state index in [9.17, 15) is 9.59 Å². The number of esters is 2. The highest BCUT2D eigenvalue weighted by Gasteiger charge is 2.65. The van der Waals surface area contributed by atoms with Crippen molar-refractivity contribution in [1.29, 1.82) is 0 Å². The van der Waals surface area contributed by atoms with Gasteiger partial charge >= 0.3 is 11.9 Å². The predicted molar refractivity (Wildman–Crippen MR) is 89.0 cm³/mol. The van der Waals surface area contributed by atoms with E-state index in [1.807, 2.05) is 6.08 Å². The number of rotatable bonds is 3. The molecular formula is C20H26O4. The lowest BCUT2D eigenvalue weighted by Gasteiger charge is -2.54. The number of cyclic esters (lactones) is 1. The first-order valence-electron chi connectivity index (χ1n) is 9.12. The Kier molecular flexibility index (Phi) is 3.45. The van der Waals surface area contributed by atoms with E-state index in [0.29, 0.717) is 12.5 Å². The Balaban J connectivity index is 1.64. The molecule has 0 aromatic rings. The summed E-state index contributed by atoms with van der Waals surface area (Å²) in [6, 6.07) is 0. The maximum absolute atomic E-state index is 12.5. The van der Waals surface area contributed by atoms with Crippen LogP contribution in [0.25, 0.3) is 0 Å². The molecule has 0 spiro atoms. The number of ether oxygens (including phenoxy) is 2. The van der Waals surface area contributed by atoms with Gasteiger partial charge in [-0.15, -0.1) is 0 Å². The summed E-state index contributed by atoms with van der Waals surface area (Å²) < 4.78 is 10.8. The smallest absolute Gasteiger partial charge is 0.334 e. The van der Waals surface area contributed by atoms with E-state index >= 15 is 0 Å². The van der Waals surface area contributed by atoms with Crippen LogP contribution in [0.2, 0.25) is 0 Å². The van der Waals surface area contributed by atoms with Gasteiger partial charge in [-0.1, -0.05) is 18.9 Å². The Bertz CT molecular complexity index is 661. The molecule has 0 N–H and O–H groups in total. The third-order valence-electron chi connectivity index (χ3n) is 7.13. The molecule has 2 aliphatic heterocycles. The molecule has 4 rings (SSSR count). The van der Waals surface area contributed by atoms with Crippen LogP contribution in [0.4, 0.5) is 0 Å². The Labute approximate surface area is 143 Å². The van der Waals surface area contributed by atoms with E-state index < -0.39 is 0 Å². The van der Waals surface area contributed by atoms with Crippen molar-refractivity contribution < 1.29 is 19.1 Å². The summed E-state index contributed by atoms with van der Waals surface area (Å²) in [4.78, 5) is 24.2. The molecule has 0 aromatic carbocycles. The summed E-state index contributed by atoms with van der Waals surface area (Å²) in [5.41, 5.74) is 1.83. The molecule has 24 heavy (non-hydrogen) atoms. The fourth-order valence-electron chi connectivity index (χ4n) is 6.04. The van der Waals surface area contributed by atoms with Crippen molar-refractivity contribution >= 4 is 11.9 Å². The summed E-state index contributed by atoms with van der Waals surface area (Å²) in [5.74, 6) is 0.463. The molecular weight excluding hydrogens is 304 g/mol. The number of carbonyl (C=O) groups is 2. The zero-order chi connectivity index (χ0) is 17.1. The number of hydrogen-bond donors (Lipinski definition) is 0.